The van der Waals surface area contributed by atoms with Crippen molar-refractivity contribution in [1.82, 2.24) is 0 Å². The Balaban J connectivity index is 1.61. The molecular weight excluding hydrogens is 418 g/mol. The molecule has 0 aliphatic carbocycles. The monoisotopic (exact) mass is 435 g/mol. The molecule has 4 aromatic rings. The molecule has 5 rings (SSSR count). The molecule has 2 aromatic carbocycles. The van der Waals surface area contributed by atoms with Crippen LogP contribution in [0.3, 0.4) is 0 Å². The molecule has 1 aliphatic rings. The number of nitrogens with one attached hydrogen (secondary N) is 1. The maximum absolute atomic E-state index is 12.9. The number of hydrogen-bond donors (Lipinski definition) is 2. The summed E-state index contributed by atoms with van der Waals surface area (Å²) < 4.78 is 16.7. The first-order valence-corrected chi connectivity index (χ1v) is 10.4. The number of aryl methyl sites for hydroxylation is 1. The molecule has 0 saturated heterocycles. The second kappa shape index (κ2) is 7.48. The molecule has 0 spiro atoms. The van der Waals surface area contributed by atoms with E-state index in [2.05, 4.69) is 5.32 Å². The van der Waals surface area contributed by atoms with Crippen molar-refractivity contribution in [3.63, 3.8) is 0 Å². The van der Waals surface area contributed by atoms with Crippen LogP contribution in [-0.2, 0) is 11.2 Å². The van der Waals surface area contributed by atoms with Crippen LogP contribution in [-0.4, -0.2) is 17.8 Å². The minimum Gasteiger partial charge on any atom is -0.502 e. The minimum absolute atomic E-state index is 0.00610. The van der Waals surface area contributed by atoms with Gasteiger partial charge in [-0.3, -0.25) is 9.59 Å². The van der Waals surface area contributed by atoms with Crippen molar-refractivity contribution in [2.75, 3.05) is 12.1 Å². The van der Waals surface area contributed by atoms with Crippen LogP contribution < -0.4 is 20.2 Å². The van der Waals surface area contributed by atoms with Gasteiger partial charge in [0.15, 0.2) is 22.8 Å². The first kappa shape index (κ1) is 19.2. The van der Waals surface area contributed by atoms with Crippen LogP contribution in [0.25, 0.3) is 22.3 Å². The fraction of sp³-hybridized carbons (Fsp3) is 0.130. The lowest BCUT2D eigenvalue weighted by atomic mass is 10.1. The fourth-order valence-electron chi connectivity index (χ4n) is 3.52. The van der Waals surface area contributed by atoms with Crippen molar-refractivity contribution < 1.29 is 23.8 Å². The fourth-order valence-corrected chi connectivity index (χ4v) is 4.23. The molecule has 8 heteroatoms. The van der Waals surface area contributed by atoms with E-state index < -0.39 is 11.2 Å². The second-order valence-electron chi connectivity index (χ2n) is 7.17. The lowest BCUT2D eigenvalue weighted by Gasteiger charge is -2.12. The molecule has 0 saturated carbocycles. The molecule has 1 aliphatic heterocycles. The van der Waals surface area contributed by atoms with Crippen molar-refractivity contribution >= 4 is 33.9 Å². The summed E-state index contributed by atoms with van der Waals surface area (Å²) in [5.41, 5.74) is 1.20. The molecule has 31 heavy (non-hydrogen) atoms. The Labute approximate surface area is 180 Å². The zero-order chi connectivity index (χ0) is 21.5. The van der Waals surface area contributed by atoms with Crippen molar-refractivity contribution in [3.05, 3.63) is 68.5 Å². The molecule has 0 fully saturated rings. The molecule has 2 aromatic heterocycles. The van der Waals surface area contributed by atoms with E-state index in [1.54, 1.807) is 37.3 Å². The van der Waals surface area contributed by atoms with Gasteiger partial charge >= 0.3 is 0 Å². The number of rotatable bonds is 4. The summed E-state index contributed by atoms with van der Waals surface area (Å²) in [7, 11) is 0. The van der Waals surface area contributed by atoms with E-state index in [1.165, 1.54) is 11.3 Å². The minimum atomic E-state index is -0.577. The van der Waals surface area contributed by atoms with Gasteiger partial charge in [0.1, 0.15) is 0 Å². The van der Waals surface area contributed by atoms with Crippen molar-refractivity contribution in [2.24, 2.45) is 0 Å². The molecule has 3 heterocycles. The van der Waals surface area contributed by atoms with E-state index in [9.17, 15) is 14.7 Å². The van der Waals surface area contributed by atoms with Crippen LogP contribution in [0.4, 0.5) is 5.69 Å². The van der Waals surface area contributed by atoms with Gasteiger partial charge in [0.05, 0.1) is 17.5 Å². The Bertz CT molecular complexity index is 1370. The average Bonchev–Trinajstić information content (AvgIpc) is 3.42. The van der Waals surface area contributed by atoms with Crippen LogP contribution in [0.5, 0.6) is 17.2 Å². The summed E-state index contributed by atoms with van der Waals surface area (Å²) in [4.78, 5) is 26.4. The molecule has 156 valence electrons. The third kappa shape index (κ3) is 3.51. The Morgan fingerprint density at radius 2 is 2.00 bits per heavy atom. The van der Waals surface area contributed by atoms with E-state index in [0.29, 0.717) is 22.7 Å². The van der Waals surface area contributed by atoms with E-state index in [1.807, 2.05) is 17.5 Å². The highest BCUT2D eigenvalue weighted by Gasteiger charge is 2.21. The number of thiophene rings is 1. The van der Waals surface area contributed by atoms with Gasteiger partial charge in [-0.05, 0) is 54.3 Å². The number of hydrogen-bond acceptors (Lipinski definition) is 7. The predicted molar refractivity (Wildman–Crippen MR) is 117 cm³/mol. The number of benzene rings is 2. The van der Waals surface area contributed by atoms with Crippen LogP contribution >= 0.6 is 11.3 Å². The second-order valence-corrected chi connectivity index (χ2v) is 8.20. The van der Waals surface area contributed by atoms with Gasteiger partial charge in [-0.1, -0.05) is 6.07 Å². The number of carbonyl (C=O) groups is 1. The third-order valence-corrected chi connectivity index (χ3v) is 5.81. The normalized spacial score (nSPS) is 12.3. The highest BCUT2D eigenvalue weighted by Crippen LogP contribution is 2.39. The van der Waals surface area contributed by atoms with Gasteiger partial charge < -0.3 is 24.3 Å². The Kier molecular flexibility index (Phi) is 4.63. The molecule has 2 N–H and O–H groups in total. The predicted octanol–water partition coefficient (Wildman–Crippen LogP) is 4.45. The number of amides is 1. The molecular formula is C23H17NO6S. The van der Waals surface area contributed by atoms with E-state index in [0.717, 1.165) is 10.4 Å². The summed E-state index contributed by atoms with van der Waals surface area (Å²) in [6.45, 7) is 1.91. The van der Waals surface area contributed by atoms with E-state index in [-0.39, 0.29) is 35.9 Å². The zero-order valence-corrected chi connectivity index (χ0v) is 17.2. The maximum Gasteiger partial charge on any atom is 0.235 e. The first-order chi connectivity index (χ1) is 15.0. The smallest absolute Gasteiger partial charge is 0.235 e. The molecule has 0 radical (unpaired) electrons. The lowest BCUT2D eigenvalue weighted by molar-refractivity contribution is -0.115. The van der Waals surface area contributed by atoms with Crippen molar-refractivity contribution in [2.45, 2.75) is 13.3 Å². The number of aromatic hydroxyl groups is 1. The van der Waals surface area contributed by atoms with Crippen molar-refractivity contribution in [1.29, 1.82) is 0 Å². The number of anilines is 1. The molecule has 0 bridgehead atoms. The van der Waals surface area contributed by atoms with Gasteiger partial charge in [-0.2, -0.15) is 0 Å². The Morgan fingerprint density at radius 3 is 2.81 bits per heavy atom. The molecule has 1 amide bonds. The molecule has 0 atom stereocenters. The highest BCUT2D eigenvalue weighted by atomic mass is 32.1. The van der Waals surface area contributed by atoms with Gasteiger partial charge in [0.25, 0.3) is 0 Å². The van der Waals surface area contributed by atoms with Gasteiger partial charge in [0, 0.05) is 10.4 Å². The third-order valence-electron chi connectivity index (χ3n) is 4.94. The first-order valence-electron chi connectivity index (χ1n) is 9.52. The number of carbonyl (C=O) groups excluding carboxylic acids is 1. The quantitative estimate of drug-likeness (QED) is 0.492. The van der Waals surface area contributed by atoms with Crippen LogP contribution in [0.2, 0.25) is 0 Å². The van der Waals surface area contributed by atoms with Crippen molar-refractivity contribution in [3.8, 4) is 28.6 Å². The lowest BCUT2D eigenvalue weighted by Crippen LogP contribution is -2.15. The standard InChI is InChI=1S/C23H17NO6S/c1-12-7-15-20(26)21(27)22(13-4-5-17-18(9-13)29-11-28-17)30-23(15)16(8-12)24-19(25)10-14-3-2-6-31-14/h2-9,27H,10-11H2,1H3,(H,24,25). The Hall–Kier alpha value is -3.78. The van der Waals surface area contributed by atoms with E-state index >= 15 is 0 Å². The maximum atomic E-state index is 12.9. The SMILES string of the molecule is Cc1cc(NC(=O)Cc2cccs2)c2oc(-c3ccc4c(c3)OCO4)c(O)c(=O)c2c1. The summed E-state index contributed by atoms with van der Waals surface area (Å²) in [5.74, 6) is 0.326. The van der Waals surface area contributed by atoms with Crippen LogP contribution in [0.1, 0.15) is 10.4 Å². The highest BCUT2D eigenvalue weighted by molar-refractivity contribution is 7.10. The number of fused-ring (bicyclic) bond motifs is 2. The van der Waals surface area contributed by atoms with Crippen LogP contribution in [0, 0.1) is 6.92 Å². The molecule has 7 nitrogen and oxygen atoms in total. The van der Waals surface area contributed by atoms with Crippen LogP contribution in [0.15, 0.2) is 57.1 Å². The summed E-state index contributed by atoms with van der Waals surface area (Å²) in [6, 6.07) is 12.1. The van der Waals surface area contributed by atoms with E-state index in [4.69, 9.17) is 13.9 Å². The molecule has 0 unspecified atom stereocenters. The summed E-state index contributed by atoms with van der Waals surface area (Å²) in [6.07, 6.45) is 0.213. The zero-order valence-electron chi connectivity index (χ0n) is 16.4. The largest absolute Gasteiger partial charge is 0.502 e. The Morgan fingerprint density at radius 1 is 1.16 bits per heavy atom. The van der Waals surface area contributed by atoms with Gasteiger partial charge in [-0.15, -0.1) is 11.3 Å². The summed E-state index contributed by atoms with van der Waals surface area (Å²) in [5, 5.41) is 15.5. The average molecular weight is 435 g/mol. The number of ether oxygens (including phenoxy) is 2. The van der Waals surface area contributed by atoms with Gasteiger partial charge in [0.2, 0.25) is 23.9 Å². The topological polar surface area (TPSA) is 98.0 Å². The summed E-state index contributed by atoms with van der Waals surface area (Å²) >= 11 is 1.49. The van der Waals surface area contributed by atoms with Gasteiger partial charge in [-0.25, -0.2) is 0 Å².